The summed E-state index contributed by atoms with van der Waals surface area (Å²) in [6, 6.07) is 5.56. The Morgan fingerprint density at radius 2 is 1.87 bits per heavy atom. The lowest BCUT2D eigenvalue weighted by molar-refractivity contribution is -0.154. The summed E-state index contributed by atoms with van der Waals surface area (Å²) in [5, 5.41) is 2.78. The Kier molecular flexibility index (Phi) is 7.51. The second-order valence-corrected chi connectivity index (χ2v) is 9.55. The average Bonchev–Trinajstić information content (AvgIpc) is 2.61. The molecule has 11 heteroatoms. The number of sulfonamides is 1. The number of ether oxygens (including phenoxy) is 1. The summed E-state index contributed by atoms with van der Waals surface area (Å²) in [7, 11) is -3.83. The van der Waals surface area contributed by atoms with Gasteiger partial charge < -0.3 is 10.1 Å². The van der Waals surface area contributed by atoms with Crippen molar-refractivity contribution in [2.75, 3.05) is 11.9 Å². The van der Waals surface area contributed by atoms with Crippen LogP contribution in [0.15, 0.2) is 35.5 Å². The van der Waals surface area contributed by atoms with Crippen LogP contribution in [0.1, 0.15) is 43.2 Å². The van der Waals surface area contributed by atoms with E-state index in [0.717, 1.165) is 0 Å². The van der Waals surface area contributed by atoms with Gasteiger partial charge in [0.15, 0.2) is 0 Å². The standard InChI is InChI=1S/C19H23ClN4O5S/c1-12-9-13(30(27,28)23-8-7-17(25)29-19(2,3)4)5-6-14(12)24-18(26)15-10-16(20)22-11-21-15/h5-6,9-11,23H,7-8H2,1-4H3,(H,24,26). The minimum atomic E-state index is -3.83. The molecule has 162 valence electrons. The third-order valence-electron chi connectivity index (χ3n) is 3.66. The Balaban J connectivity index is 2.02. The molecular weight excluding hydrogens is 432 g/mol. The van der Waals surface area contributed by atoms with E-state index < -0.39 is 27.5 Å². The molecule has 1 aromatic heterocycles. The fourth-order valence-corrected chi connectivity index (χ4v) is 3.61. The largest absolute Gasteiger partial charge is 0.460 e. The van der Waals surface area contributed by atoms with Gasteiger partial charge in [-0.2, -0.15) is 0 Å². The fourth-order valence-electron chi connectivity index (χ4n) is 2.35. The molecule has 30 heavy (non-hydrogen) atoms. The Morgan fingerprint density at radius 3 is 2.47 bits per heavy atom. The Hall–Kier alpha value is -2.56. The van der Waals surface area contributed by atoms with Crippen molar-refractivity contribution in [3.63, 3.8) is 0 Å². The highest BCUT2D eigenvalue weighted by Crippen LogP contribution is 2.20. The maximum absolute atomic E-state index is 12.5. The predicted molar refractivity (Wildman–Crippen MR) is 112 cm³/mol. The molecule has 0 aliphatic carbocycles. The predicted octanol–water partition coefficient (Wildman–Crippen LogP) is 2.70. The Bertz CT molecular complexity index is 1050. The lowest BCUT2D eigenvalue weighted by atomic mass is 10.2. The zero-order valence-corrected chi connectivity index (χ0v) is 18.6. The number of nitrogens with zero attached hydrogens (tertiary/aromatic N) is 2. The lowest BCUT2D eigenvalue weighted by Gasteiger charge is -2.19. The molecule has 0 radical (unpaired) electrons. The van der Waals surface area contributed by atoms with Gasteiger partial charge in [0, 0.05) is 18.3 Å². The van der Waals surface area contributed by atoms with Crippen LogP contribution in [0.4, 0.5) is 5.69 Å². The fraction of sp³-hybridized carbons (Fsp3) is 0.368. The third-order valence-corrected chi connectivity index (χ3v) is 5.33. The van der Waals surface area contributed by atoms with Gasteiger partial charge in [0.05, 0.1) is 11.3 Å². The zero-order chi connectivity index (χ0) is 22.5. The molecule has 0 atom stereocenters. The molecule has 1 heterocycles. The number of halogens is 1. The number of aromatic nitrogens is 2. The molecule has 0 fully saturated rings. The molecule has 9 nitrogen and oxygen atoms in total. The van der Waals surface area contributed by atoms with Crippen LogP contribution < -0.4 is 10.0 Å². The van der Waals surface area contributed by atoms with Crippen LogP contribution in [-0.2, 0) is 19.6 Å². The number of amides is 1. The first-order valence-corrected chi connectivity index (χ1v) is 10.8. The molecule has 1 aromatic carbocycles. The minimum absolute atomic E-state index is 0.00673. The number of hydrogen-bond acceptors (Lipinski definition) is 7. The van der Waals surface area contributed by atoms with E-state index in [-0.39, 0.29) is 28.7 Å². The smallest absolute Gasteiger partial charge is 0.307 e. The van der Waals surface area contributed by atoms with Gasteiger partial charge in [-0.3, -0.25) is 9.59 Å². The van der Waals surface area contributed by atoms with Gasteiger partial charge in [-0.1, -0.05) is 11.6 Å². The first-order valence-electron chi connectivity index (χ1n) is 8.98. The van der Waals surface area contributed by atoms with Crippen molar-refractivity contribution in [3.05, 3.63) is 47.0 Å². The van der Waals surface area contributed by atoms with Gasteiger partial charge in [-0.05, 0) is 51.5 Å². The molecule has 0 unspecified atom stereocenters. The third kappa shape index (κ3) is 7.05. The van der Waals surface area contributed by atoms with E-state index in [1.807, 2.05) is 0 Å². The zero-order valence-electron chi connectivity index (χ0n) is 17.0. The number of nitrogens with one attached hydrogen (secondary N) is 2. The highest BCUT2D eigenvalue weighted by Gasteiger charge is 2.19. The van der Waals surface area contributed by atoms with E-state index >= 15 is 0 Å². The maximum Gasteiger partial charge on any atom is 0.307 e. The van der Waals surface area contributed by atoms with Crippen LogP contribution in [-0.4, -0.2) is 42.4 Å². The summed E-state index contributed by atoms with van der Waals surface area (Å²) in [4.78, 5) is 31.5. The number of benzene rings is 1. The Morgan fingerprint density at radius 1 is 1.17 bits per heavy atom. The highest BCUT2D eigenvalue weighted by atomic mass is 35.5. The monoisotopic (exact) mass is 454 g/mol. The highest BCUT2D eigenvalue weighted by molar-refractivity contribution is 7.89. The molecular formula is C19H23ClN4O5S. The molecule has 0 aliphatic heterocycles. The van der Waals surface area contributed by atoms with Crippen molar-refractivity contribution < 1.29 is 22.7 Å². The topological polar surface area (TPSA) is 127 Å². The van der Waals surface area contributed by atoms with Crippen LogP contribution in [0.5, 0.6) is 0 Å². The Labute approximate surface area is 180 Å². The van der Waals surface area contributed by atoms with Crippen LogP contribution in [0.25, 0.3) is 0 Å². The van der Waals surface area contributed by atoms with Gasteiger partial charge in [-0.25, -0.2) is 23.1 Å². The van der Waals surface area contributed by atoms with Crippen molar-refractivity contribution in [1.82, 2.24) is 14.7 Å². The van der Waals surface area contributed by atoms with E-state index in [0.29, 0.717) is 11.3 Å². The van der Waals surface area contributed by atoms with E-state index in [1.54, 1.807) is 27.7 Å². The number of carbonyl (C=O) groups is 2. The van der Waals surface area contributed by atoms with Crippen molar-refractivity contribution >= 4 is 39.2 Å². The molecule has 0 spiro atoms. The molecule has 2 rings (SSSR count). The van der Waals surface area contributed by atoms with Gasteiger partial charge >= 0.3 is 5.97 Å². The van der Waals surface area contributed by atoms with Crippen molar-refractivity contribution in [3.8, 4) is 0 Å². The van der Waals surface area contributed by atoms with Gasteiger partial charge in [0.1, 0.15) is 22.8 Å². The lowest BCUT2D eigenvalue weighted by Crippen LogP contribution is -2.29. The number of rotatable bonds is 7. The number of aryl methyl sites for hydroxylation is 1. The summed E-state index contributed by atoms with van der Waals surface area (Å²) < 4.78 is 32.4. The van der Waals surface area contributed by atoms with Gasteiger partial charge in [0.2, 0.25) is 10.0 Å². The van der Waals surface area contributed by atoms with E-state index in [9.17, 15) is 18.0 Å². The van der Waals surface area contributed by atoms with Gasteiger partial charge in [-0.15, -0.1) is 0 Å². The molecule has 0 aliphatic rings. The molecule has 2 aromatic rings. The van der Waals surface area contributed by atoms with Crippen molar-refractivity contribution in [1.29, 1.82) is 0 Å². The normalized spacial score (nSPS) is 11.8. The van der Waals surface area contributed by atoms with E-state index in [4.69, 9.17) is 16.3 Å². The van der Waals surface area contributed by atoms with Crippen LogP contribution >= 0.6 is 11.6 Å². The molecule has 2 N–H and O–H groups in total. The summed E-state index contributed by atoms with van der Waals surface area (Å²) in [5.41, 5.74) is 0.389. The summed E-state index contributed by atoms with van der Waals surface area (Å²) in [6.07, 6.45) is 1.08. The first kappa shape index (κ1) is 23.7. The van der Waals surface area contributed by atoms with Crippen LogP contribution in [0.3, 0.4) is 0 Å². The van der Waals surface area contributed by atoms with Crippen molar-refractivity contribution in [2.24, 2.45) is 0 Å². The van der Waals surface area contributed by atoms with Crippen LogP contribution in [0, 0.1) is 6.92 Å². The second-order valence-electron chi connectivity index (χ2n) is 7.39. The first-order chi connectivity index (χ1) is 13.9. The van der Waals surface area contributed by atoms with E-state index in [1.165, 1.54) is 30.6 Å². The quantitative estimate of drug-likeness (QED) is 0.486. The van der Waals surface area contributed by atoms with Crippen LogP contribution in [0.2, 0.25) is 5.15 Å². The second kappa shape index (κ2) is 9.50. The number of hydrogen-bond donors (Lipinski definition) is 2. The van der Waals surface area contributed by atoms with E-state index in [2.05, 4.69) is 20.0 Å². The summed E-state index contributed by atoms with van der Waals surface area (Å²) in [5.74, 6) is -1.00. The molecule has 1 amide bonds. The maximum atomic E-state index is 12.5. The summed E-state index contributed by atoms with van der Waals surface area (Å²) in [6.45, 7) is 6.76. The average molecular weight is 455 g/mol. The summed E-state index contributed by atoms with van der Waals surface area (Å²) >= 11 is 5.75. The van der Waals surface area contributed by atoms with Gasteiger partial charge in [0.25, 0.3) is 5.91 Å². The SMILES string of the molecule is Cc1cc(S(=O)(=O)NCCC(=O)OC(C)(C)C)ccc1NC(=O)c1cc(Cl)ncn1. The molecule has 0 saturated heterocycles. The van der Waals surface area contributed by atoms with Crippen molar-refractivity contribution in [2.45, 2.75) is 44.6 Å². The minimum Gasteiger partial charge on any atom is -0.460 e. The molecule has 0 saturated carbocycles. The number of carbonyl (C=O) groups excluding carboxylic acids is 2. The molecule has 0 bridgehead atoms. The number of anilines is 1. The number of esters is 1.